The summed E-state index contributed by atoms with van der Waals surface area (Å²) in [5.74, 6) is -1.73. The summed E-state index contributed by atoms with van der Waals surface area (Å²) < 4.78 is 0. The number of rotatable bonds is 7. The molecule has 0 unspecified atom stereocenters. The molecule has 1 atom stereocenters. The molecule has 1 heterocycles. The third-order valence-electron chi connectivity index (χ3n) is 5.75. The molecule has 0 saturated carbocycles. The number of hydrogen-bond donors (Lipinski definition) is 3. The van der Waals surface area contributed by atoms with Crippen LogP contribution in [0.3, 0.4) is 0 Å². The zero-order valence-electron chi connectivity index (χ0n) is 19.0. The minimum absolute atomic E-state index is 0.207. The average Bonchev–Trinajstić information content (AvgIpc) is 2.76. The van der Waals surface area contributed by atoms with Crippen molar-refractivity contribution in [2.75, 3.05) is 0 Å². The normalized spacial score (nSPS) is 16.3. The number of nitrogens with two attached hydrogens (primary N) is 1. The zero-order valence-corrected chi connectivity index (χ0v) is 19.0. The van der Waals surface area contributed by atoms with Crippen LogP contribution in [-0.4, -0.2) is 29.3 Å². The molecule has 1 fully saturated rings. The number of nitrogens with zero attached hydrogens (tertiary/aromatic N) is 1. The molecular formula is C25H28N4O4. The van der Waals surface area contributed by atoms with E-state index in [1.54, 1.807) is 31.2 Å². The standard InChI is InChI=1S/C25H28N4O4/c1-14-4-6-18(10-15(14)2)24(32)27-13-17-5-8-21(20(12-17)23(26)31)28-16(3)11-19-7-9-22(30)29-25(19)33/h4-6,8,10,12,19H,7,9,11,13H2,1-3H3,(H2,26,31)(H,27,32)(H,29,30,33)/t19-/m0/s1. The van der Waals surface area contributed by atoms with E-state index in [4.69, 9.17) is 5.73 Å². The van der Waals surface area contributed by atoms with Crippen LogP contribution in [0.4, 0.5) is 5.69 Å². The molecule has 0 aromatic heterocycles. The van der Waals surface area contributed by atoms with Crippen LogP contribution >= 0.6 is 0 Å². The molecule has 4 N–H and O–H groups in total. The second kappa shape index (κ2) is 10.2. The number of nitrogens with one attached hydrogen (secondary N) is 2. The third kappa shape index (κ3) is 6.12. The topological polar surface area (TPSA) is 131 Å². The molecule has 4 amide bonds. The quantitative estimate of drug-likeness (QED) is 0.444. The van der Waals surface area contributed by atoms with Gasteiger partial charge in [-0.25, -0.2) is 0 Å². The lowest BCUT2D eigenvalue weighted by Gasteiger charge is -2.20. The molecule has 33 heavy (non-hydrogen) atoms. The minimum atomic E-state index is -0.634. The van der Waals surface area contributed by atoms with Crippen LogP contribution in [-0.2, 0) is 16.1 Å². The van der Waals surface area contributed by atoms with Gasteiger partial charge in [-0.3, -0.25) is 29.5 Å². The molecule has 0 bridgehead atoms. The van der Waals surface area contributed by atoms with Crippen molar-refractivity contribution >= 4 is 35.0 Å². The fourth-order valence-electron chi connectivity index (χ4n) is 3.70. The van der Waals surface area contributed by atoms with Crippen LogP contribution in [0.25, 0.3) is 0 Å². The molecule has 2 aromatic carbocycles. The van der Waals surface area contributed by atoms with Crippen LogP contribution < -0.4 is 16.4 Å². The number of carbonyl (C=O) groups is 4. The van der Waals surface area contributed by atoms with Gasteiger partial charge < -0.3 is 11.1 Å². The van der Waals surface area contributed by atoms with E-state index in [0.717, 1.165) is 11.1 Å². The summed E-state index contributed by atoms with van der Waals surface area (Å²) in [6.07, 6.45) is 1.16. The van der Waals surface area contributed by atoms with Crippen molar-refractivity contribution in [1.29, 1.82) is 0 Å². The van der Waals surface area contributed by atoms with Crippen LogP contribution in [0.1, 0.15) is 63.6 Å². The Balaban J connectivity index is 1.70. The van der Waals surface area contributed by atoms with E-state index in [1.807, 2.05) is 26.0 Å². The van der Waals surface area contributed by atoms with Crippen LogP contribution in [0.5, 0.6) is 0 Å². The lowest BCUT2D eigenvalue weighted by molar-refractivity contribution is -0.136. The van der Waals surface area contributed by atoms with Gasteiger partial charge in [0.1, 0.15) is 0 Å². The summed E-state index contributed by atoms with van der Waals surface area (Å²) in [6, 6.07) is 10.6. The predicted octanol–water partition coefficient (Wildman–Crippen LogP) is 2.87. The number of amides is 4. The Morgan fingerprint density at radius 3 is 2.55 bits per heavy atom. The number of piperidine rings is 1. The summed E-state index contributed by atoms with van der Waals surface area (Å²) in [4.78, 5) is 52.3. The molecule has 1 aliphatic rings. The summed E-state index contributed by atoms with van der Waals surface area (Å²) in [6.45, 7) is 5.93. The largest absolute Gasteiger partial charge is 0.366 e. The van der Waals surface area contributed by atoms with Crippen LogP contribution in [0.2, 0.25) is 0 Å². The second-order valence-electron chi connectivity index (χ2n) is 8.40. The summed E-state index contributed by atoms with van der Waals surface area (Å²) in [7, 11) is 0. The third-order valence-corrected chi connectivity index (χ3v) is 5.75. The van der Waals surface area contributed by atoms with Crippen molar-refractivity contribution in [2.24, 2.45) is 16.6 Å². The van der Waals surface area contributed by atoms with E-state index in [0.29, 0.717) is 41.8 Å². The number of hydrogen-bond acceptors (Lipinski definition) is 5. The lowest BCUT2D eigenvalue weighted by Crippen LogP contribution is -2.41. The number of carbonyl (C=O) groups excluding carboxylic acids is 4. The Hall–Kier alpha value is -3.81. The van der Waals surface area contributed by atoms with E-state index in [2.05, 4.69) is 15.6 Å². The molecular weight excluding hydrogens is 420 g/mol. The zero-order chi connectivity index (χ0) is 24.1. The van der Waals surface area contributed by atoms with Gasteiger partial charge in [-0.15, -0.1) is 0 Å². The Labute approximate surface area is 192 Å². The highest BCUT2D eigenvalue weighted by molar-refractivity contribution is 6.02. The highest BCUT2D eigenvalue weighted by Crippen LogP contribution is 2.23. The number of imide groups is 1. The van der Waals surface area contributed by atoms with Gasteiger partial charge in [-0.2, -0.15) is 0 Å². The summed E-state index contributed by atoms with van der Waals surface area (Å²) in [5.41, 5.74) is 10.3. The van der Waals surface area contributed by atoms with E-state index < -0.39 is 5.91 Å². The van der Waals surface area contributed by atoms with Crippen molar-refractivity contribution in [3.63, 3.8) is 0 Å². The highest BCUT2D eigenvalue weighted by Gasteiger charge is 2.27. The molecule has 172 valence electrons. The number of aryl methyl sites for hydroxylation is 2. The number of primary amides is 1. The molecule has 0 aliphatic carbocycles. The van der Waals surface area contributed by atoms with Crippen molar-refractivity contribution < 1.29 is 19.2 Å². The fourth-order valence-corrected chi connectivity index (χ4v) is 3.70. The lowest BCUT2D eigenvalue weighted by atomic mass is 9.93. The van der Waals surface area contributed by atoms with Crippen molar-refractivity contribution in [3.05, 3.63) is 64.2 Å². The monoisotopic (exact) mass is 448 g/mol. The first-order valence-electron chi connectivity index (χ1n) is 10.8. The van der Waals surface area contributed by atoms with Crippen LogP contribution in [0, 0.1) is 19.8 Å². The maximum Gasteiger partial charge on any atom is 0.251 e. The Morgan fingerprint density at radius 1 is 1.12 bits per heavy atom. The Bertz CT molecular complexity index is 1150. The first-order chi connectivity index (χ1) is 15.6. The number of aliphatic imine (C=N–C) groups is 1. The van der Waals surface area contributed by atoms with Gasteiger partial charge in [-0.05, 0) is 74.6 Å². The SMILES string of the molecule is CC(C[C@@H]1CCC(=O)NC1=O)=Nc1ccc(CNC(=O)c2ccc(C)c(C)c2)cc1C(N)=O. The first-order valence-corrected chi connectivity index (χ1v) is 10.8. The van der Waals surface area contributed by atoms with Gasteiger partial charge in [0.25, 0.3) is 11.8 Å². The van der Waals surface area contributed by atoms with Crippen LogP contribution in [0.15, 0.2) is 41.4 Å². The van der Waals surface area contributed by atoms with Gasteiger partial charge in [-0.1, -0.05) is 12.1 Å². The molecule has 1 saturated heterocycles. The van der Waals surface area contributed by atoms with E-state index in [9.17, 15) is 19.2 Å². The molecule has 1 aliphatic heterocycles. The molecule has 8 heteroatoms. The second-order valence-corrected chi connectivity index (χ2v) is 8.40. The summed E-state index contributed by atoms with van der Waals surface area (Å²) in [5, 5.41) is 5.19. The number of benzene rings is 2. The Morgan fingerprint density at radius 2 is 1.88 bits per heavy atom. The van der Waals surface area contributed by atoms with Gasteiger partial charge in [0.15, 0.2) is 0 Å². The minimum Gasteiger partial charge on any atom is -0.366 e. The molecule has 0 radical (unpaired) electrons. The van der Waals surface area contributed by atoms with Crippen molar-refractivity contribution in [2.45, 2.75) is 46.6 Å². The predicted molar refractivity (Wildman–Crippen MR) is 125 cm³/mol. The Kier molecular flexibility index (Phi) is 7.37. The van der Waals surface area contributed by atoms with E-state index in [-0.39, 0.29) is 35.7 Å². The van der Waals surface area contributed by atoms with Gasteiger partial charge >= 0.3 is 0 Å². The van der Waals surface area contributed by atoms with Gasteiger partial charge in [0.2, 0.25) is 11.8 Å². The maximum atomic E-state index is 12.5. The highest BCUT2D eigenvalue weighted by atomic mass is 16.2. The molecule has 2 aromatic rings. The van der Waals surface area contributed by atoms with Crippen molar-refractivity contribution in [1.82, 2.24) is 10.6 Å². The molecule has 0 spiro atoms. The van der Waals surface area contributed by atoms with E-state index in [1.165, 1.54) is 0 Å². The molecule has 3 rings (SSSR count). The fraction of sp³-hybridized carbons (Fsp3) is 0.320. The first kappa shape index (κ1) is 23.8. The summed E-state index contributed by atoms with van der Waals surface area (Å²) >= 11 is 0. The average molecular weight is 449 g/mol. The van der Waals surface area contributed by atoms with Crippen molar-refractivity contribution in [3.8, 4) is 0 Å². The van der Waals surface area contributed by atoms with E-state index >= 15 is 0 Å². The molecule has 8 nitrogen and oxygen atoms in total. The maximum absolute atomic E-state index is 12.5. The van der Waals surface area contributed by atoms with Gasteiger partial charge in [0, 0.05) is 30.2 Å². The smallest absolute Gasteiger partial charge is 0.251 e. The van der Waals surface area contributed by atoms with Gasteiger partial charge in [0.05, 0.1) is 11.3 Å².